The van der Waals surface area contributed by atoms with Gasteiger partial charge in [0.2, 0.25) is 0 Å². The van der Waals surface area contributed by atoms with Gasteiger partial charge in [0.15, 0.2) is 11.5 Å². The number of quaternary nitrogens is 1. The molecule has 17 heavy (non-hydrogen) atoms. The Morgan fingerprint density at radius 3 is 2.65 bits per heavy atom. The van der Waals surface area contributed by atoms with Crippen molar-refractivity contribution in [2.75, 3.05) is 26.7 Å². The van der Waals surface area contributed by atoms with Crippen LogP contribution in [0.4, 0.5) is 0 Å². The molecule has 96 valence electrons. The molecule has 0 spiro atoms. The average Bonchev–Trinajstić information content (AvgIpc) is 2.31. The van der Waals surface area contributed by atoms with Crippen LogP contribution in [0.3, 0.4) is 0 Å². The predicted molar refractivity (Wildman–Crippen MR) is 64.9 cm³/mol. The van der Waals surface area contributed by atoms with Crippen LogP contribution >= 0.6 is 0 Å². The van der Waals surface area contributed by atoms with E-state index >= 15 is 0 Å². The van der Waals surface area contributed by atoms with Gasteiger partial charge in [0.05, 0.1) is 13.6 Å². The minimum absolute atomic E-state index is 0.0756. The van der Waals surface area contributed by atoms with Crippen LogP contribution in [0.5, 0.6) is 11.5 Å². The number of phenols is 2. The summed E-state index contributed by atoms with van der Waals surface area (Å²) in [6, 6.07) is 4.88. The summed E-state index contributed by atoms with van der Waals surface area (Å²) in [6.07, 6.45) is 1.56. The van der Waals surface area contributed by atoms with Gasteiger partial charge in [-0.1, -0.05) is 6.07 Å². The first-order valence-electron chi connectivity index (χ1n) is 5.81. The van der Waals surface area contributed by atoms with Gasteiger partial charge in [-0.3, -0.25) is 5.01 Å². The van der Waals surface area contributed by atoms with E-state index < -0.39 is 0 Å². The Hall–Kier alpha value is -1.30. The maximum atomic E-state index is 9.34. The number of aromatic hydroxyl groups is 2. The molecule has 0 bridgehead atoms. The van der Waals surface area contributed by atoms with Crippen molar-refractivity contribution < 1.29 is 20.3 Å². The molecule has 0 radical (unpaired) electrons. The van der Waals surface area contributed by atoms with E-state index in [9.17, 15) is 10.2 Å². The van der Waals surface area contributed by atoms with Crippen molar-refractivity contribution >= 4 is 0 Å². The average molecular weight is 241 g/mol. The second-order valence-corrected chi connectivity index (χ2v) is 4.11. The second kappa shape index (κ2) is 7.11. The first-order valence-corrected chi connectivity index (χ1v) is 5.81. The van der Waals surface area contributed by atoms with Crippen molar-refractivity contribution in [1.29, 1.82) is 0 Å². The largest absolute Gasteiger partial charge is 0.504 e. The van der Waals surface area contributed by atoms with Gasteiger partial charge in [-0.2, -0.15) is 5.43 Å². The first-order chi connectivity index (χ1) is 8.13. The van der Waals surface area contributed by atoms with Crippen LogP contribution in [0, 0.1) is 0 Å². The van der Waals surface area contributed by atoms with Crippen LogP contribution < -0.4 is 10.4 Å². The van der Waals surface area contributed by atoms with E-state index in [0.29, 0.717) is 0 Å². The minimum atomic E-state index is -0.0875. The monoisotopic (exact) mass is 241 g/mol. The molecule has 5 heteroatoms. The first kappa shape index (κ1) is 13.8. The number of aliphatic hydroxyl groups is 1. The zero-order chi connectivity index (χ0) is 12.7. The lowest BCUT2D eigenvalue weighted by molar-refractivity contribution is -0.926. The van der Waals surface area contributed by atoms with Crippen LogP contribution in [0.2, 0.25) is 0 Å². The molecule has 0 heterocycles. The molecular weight excluding hydrogens is 220 g/mol. The smallest absolute Gasteiger partial charge is 0.157 e. The van der Waals surface area contributed by atoms with E-state index in [2.05, 4.69) is 5.43 Å². The van der Waals surface area contributed by atoms with E-state index in [1.807, 2.05) is 7.05 Å². The van der Waals surface area contributed by atoms with Gasteiger partial charge in [0.1, 0.15) is 0 Å². The summed E-state index contributed by atoms with van der Waals surface area (Å²) < 4.78 is 0. The van der Waals surface area contributed by atoms with Crippen LogP contribution in [0.25, 0.3) is 0 Å². The quantitative estimate of drug-likeness (QED) is 0.242. The minimum Gasteiger partial charge on any atom is -0.504 e. The maximum Gasteiger partial charge on any atom is 0.157 e. The summed E-state index contributed by atoms with van der Waals surface area (Å²) in [5.41, 5.74) is 4.21. The highest BCUT2D eigenvalue weighted by Crippen LogP contribution is 2.24. The van der Waals surface area contributed by atoms with Crippen molar-refractivity contribution in [3.63, 3.8) is 0 Å². The molecule has 1 unspecified atom stereocenters. The summed E-state index contributed by atoms with van der Waals surface area (Å²) in [5.74, 6) is -0.163. The lowest BCUT2D eigenvalue weighted by Gasteiger charge is -2.14. The highest BCUT2D eigenvalue weighted by atomic mass is 16.3. The number of benzene rings is 1. The van der Waals surface area contributed by atoms with Crippen molar-refractivity contribution in [3.8, 4) is 11.5 Å². The molecular formula is C12H21N2O3+. The topological polar surface area (TPSA) is 77.2 Å². The van der Waals surface area contributed by atoms with Crippen molar-refractivity contribution in [3.05, 3.63) is 23.8 Å². The van der Waals surface area contributed by atoms with Gasteiger partial charge in [-0.15, -0.1) is 0 Å². The number of hydrogen-bond acceptors (Lipinski definition) is 4. The lowest BCUT2D eigenvalue weighted by atomic mass is 10.1. The highest BCUT2D eigenvalue weighted by molar-refractivity contribution is 5.40. The molecule has 5 nitrogen and oxygen atoms in total. The van der Waals surface area contributed by atoms with Gasteiger partial charge in [-0.25, -0.2) is 0 Å². The second-order valence-electron chi connectivity index (χ2n) is 4.11. The third-order valence-corrected chi connectivity index (χ3v) is 2.59. The molecule has 0 saturated heterocycles. The Kier molecular flexibility index (Phi) is 5.76. The Labute approximate surface area is 101 Å². The van der Waals surface area contributed by atoms with E-state index in [0.717, 1.165) is 36.5 Å². The van der Waals surface area contributed by atoms with Gasteiger partial charge in [0.25, 0.3) is 0 Å². The van der Waals surface area contributed by atoms with Gasteiger partial charge >= 0.3 is 0 Å². The predicted octanol–water partition coefficient (Wildman–Crippen LogP) is -0.958. The summed E-state index contributed by atoms with van der Waals surface area (Å²) in [4.78, 5) is 0. The molecule has 0 amide bonds. The SMILES string of the molecule is C[NH+](CCc1ccc(O)c(O)c1)NCCCO. The molecule has 0 aliphatic carbocycles. The molecule has 0 aromatic heterocycles. The number of phenolic OH excluding ortho intramolecular Hbond substituents is 2. The van der Waals surface area contributed by atoms with Gasteiger partial charge < -0.3 is 15.3 Å². The molecule has 0 aliphatic heterocycles. The number of hydrogen-bond donors (Lipinski definition) is 5. The maximum absolute atomic E-state index is 9.34. The van der Waals surface area contributed by atoms with Crippen molar-refractivity contribution in [2.24, 2.45) is 0 Å². The number of likely N-dealkylation sites (N-methyl/N-ethyl adjacent to an activating group) is 1. The Morgan fingerprint density at radius 1 is 1.24 bits per heavy atom. The van der Waals surface area contributed by atoms with Crippen LogP contribution in [0.1, 0.15) is 12.0 Å². The Balaban J connectivity index is 2.31. The highest BCUT2D eigenvalue weighted by Gasteiger charge is 2.04. The van der Waals surface area contributed by atoms with E-state index in [1.54, 1.807) is 12.1 Å². The zero-order valence-corrected chi connectivity index (χ0v) is 10.1. The molecule has 0 aliphatic rings. The third-order valence-electron chi connectivity index (χ3n) is 2.59. The fourth-order valence-electron chi connectivity index (χ4n) is 1.53. The third kappa shape index (κ3) is 5.04. The standard InChI is InChI=1S/C12H20N2O3/c1-14(13-6-2-8-15)7-5-10-3-4-11(16)12(17)9-10/h3-4,9,13,15-17H,2,5-8H2,1H3/p+1. The van der Waals surface area contributed by atoms with Gasteiger partial charge in [-0.05, 0) is 24.1 Å². The van der Waals surface area contributed by atoms with E-state index in [-0.39, 0.29) is 18.1 Å². The summed E-state index contributed by atoms with van der Waals surface area (Å²) >= 11 is 0. The van der Waals surface area contributed by atoms with Crippen LogP contribution in [-0.4, -0.2) is 42.1 Å². The lowest BCUT2D eigenvalue weighted by Crippen LogP contribution is -3.16. The van der Waals surface area contributed by atoms with Crippen molar-refractivity contribution in [1.82, 2.24) is 5.43 Å². The summed E-state index contributed by atoms with van der Waals surface area (Å²) in [7, 11) is 2.01. The molecule has 1 aromatic rings. The van der Waals surface area contributed by atoms with E-state index in [4.69, 9.17) is 5.11 Å². The molecule has 0 fully saturated rings. The number of rotatable bonds is 7. The number of aliphatic hydroxyl groups excluding tert-OH is 1. The molecule has 5 N–H and O–H groups in total. The zero-order valence-electron chi connectivity index (χ0n) is 10.1. The van der Waals surface area contributed by atoms with Crippen LogP contribution in [-0.2, 0) is 6.42 Å². The van der Waals surface area contributed by atoms with E-state index in [1.165, 1.54) is 6.07 Å². The summed E-state index contributed by atoms with van der Waals surface area (Å²) in [6.45, 7) is 1.85. The molecule has 1 atom stereocenters. The fraction of sp³-hybridized carbons (Fsp3) is 0.500. The van der Waals surface area contributed by atoms with Crippen molar-refractivity contribution in [2.45, 2.75) is 12.8 Å². The van der Waals surface area contributed by atoms with Gasteiger partial charge in [0, 0.05) is 19.6 Å². The normalized spacial score (nSPS) is 12.6. The molecule has 0 saturated carbocycles. The molecule has 1 aromatic carbocycles. The molecule has 1 rings (SSSR count). The summed E-state index contributed by atoms with van der Waals surface area (Å²) in [5, 5.41) is 28.3. The Bertz CT molecular complexity index is 345. The Morgan fingerprint density at radius 2 is 2.00 bits per heavy atom. The number of nitrogens with one attached hydrogen (secondary N) is 2. The fourth-order valence-corrected chi connectivity index (χ4v) is 1.53. The van der Waals surface area contributed by atoms with Crippen LogP contribution in [0.15, 0.2) is 18.2 Å².